The van der Waals surface area contributed by atoms with Crippen molar-refractivity contribution < 1.29 is 9.59 Å². The predicted molar refractivity (Wildman–Crippen MR) is 76.0 cm³/mol. The molecule has 0 heterocycles. The lowest BCUT2D eigenvalue weighted by Crippen LogP contribution is -1.91. The molecule has 0 spiro atoms. The molecule has 98 valence electrons. The summed E-state index contributed by atoms with van der Waals surface area (Å²) in [4.78, 5) is 27.8. The first-order chi connectivity index (χ1) is 9.74. The number of benzene rings is 2. The van der Waals surface area contributed by atoms with Gasteiger partial charge in [0, 0.05) is 0 Å². The SMILES string of the molecule is Cc1c(Cc2ccc(N=C=O)cc2)cccc1N=C=O. The largest absolute Gasteiger partial charge is 0.240 e. The zero-order chi connectivity index (χ0) is 14.4. The van der Waals surface area contributed by atoms with Crippen LogP contribution in [0.4, 0.5) is 11.4 Å². The molecule has 0 N–H and O–H groups in total. The van der Waals surface area contributed by atoms with Crippen molar-refractivity contribution in [1.29, 1.82) is 0 Å². The molecule has 0 fully saturated rings. The van der Waals surface area contributed by atoms with Crippen LogP contribution in [-0.2, 0) is 16.0 Å². The summed E-state index contributed by atoms with van der Waals surface area (Å²) in [7, 11) is 0. The molecule has 0 saturated carbocycles. The summed E-state index contributed by atoms with van der Waals surface area (Å²) in [6.07, 6.45) is 3.79. The summed E-state index contributed by atoms with van der Waals surface area (Å²) in [6.45, 7) is 1.93. The molecule has 20 heavy (non-hydrogen) atoms. The van der Waals surface area contributed by atoms with E-state index in [-0.39, 0.29) is 0 Å². The van der Waals surface area contributed by atoms with Crippen molar-refractivity contribution in [2.24, 2.45) is 9.98 Å². The van der Waals surface area contributed by atoms with Gasteiger partial charge in [0.05, 0.1) is 11.4 Å². The van der Waals surface area contributed by atoms with Gasteiger partial charge in [-0.1, -0.05) is 24.3 Å². The molecule has 0 aliphatic carbocycles. The molecular weight excluding hydrogens is 252 g/mol. The number of aliphatic imine (C=N–C) groups is 2. The van der Waals surface area contributed by atoms with Crippen molar-refractivity contribution in [2.45, 2.75) is 13.3 Å². The standard InChI is InChI=1S/C16H12N2O2/c1-12-14(3-2-4-16(12)18-11-20)9-13-5-7-15(8-6-13)17-10-19/h2-8H,9H2,1H3. The van der Waals surface area contributed by atoms with Gasteiger partial charge in [0.25, 0.3) is 0 Å². The van der Waals surface area contributed by atoms with Gasteiger partial charge < -0.3 is 0 Å². The minimum atomic E-state index is 0.583. The molecule has 2 aromatic carbocycles. The van der Waals surface area contributed by atoms with Crippen LogP contribution in [0, 0.1) is 6.92 Å². The summed E-state index contributed by atoms with van der Waals surface area (Å²) >= 11 is 0. The molecule has 0 radical (unpaired) electrons. The van der Waals surface area contributed by atoms with E-state index in [1.165, 1.54) is 6.08 Å². The highest BCUT2D eigenvalue weighted by Crippen LogP contribution is 2.24. The Hall–Kier alpha value is -2.80. The van der Waals surface area contributed by atoms with Crippen LogP contribution in [-0.4, -0.2) is 12.2 Å². The Morgan fingerprint density at radius 2 is 1.65 bits per heavy atom. The molecule has 4 nitrogen and oxygen atoms in total. The highest BCUT2D eigenvalue weighted by molar-refractivity contribution is 5.56. The average Bonchev–Trinajstić information content (AvgIpc) is 2.46. The number of isocyanates is 2. The number of carbonyl (C=O) groups excluding carboxylic acids is 2. The molecule has 0 atom stereocenters. The topological polar surface area (TPSA) is 58.9 Å². The summed E-state index contributed by atoms with van der Waals surface area (Å²) in [6, 6.07) is 13.0. The van der Waals surface area contributed by atoms with Crippen molar-refractivity contribution in [2.75, 3.05) is 0 Å². The van der Waals surface area contributed by atoms with Crippen LogP contribution >= 0.6 is 0 Å². The first-order valence-corrected chi connectivity index (χ1v) is 6.08. The third-order valence-electron chi connectivity index (χ3n) is 3.09. The normalized spacial score (nSPS) is 9.45. The smallest absolute Gasteiger partial charge is 0.211 e. The fraction of sp³-hybridized carbons (Fsp3) is 0.125. The van der Waals surface area contributed by atoms with E-state index in [1.807, 2.05) is 31.2 Å². The van der Waals surface area contributed by atoms with Gasteiger partial charge >= 0.3 is 0 Å². The summed E-state index contributed by atoms with van der Waals surface area (Å²) in [5.41, 5.74) is 4.36. The Balaban J connectivity index is 2.27. The van der Waals surface area contributed by atoms with E-state index < -0.39 is 0 Å². The molecule has 0 aromatic heterocycles. The monoisotopic (exact) mass is 264 g/mol. The van der Waals surface area contributed by atoms with Crippen LogP contribution in [0.2, 0.25) is 0 Å². The number of nitrogens with zero attached hydrogens (tertiary/aromatic N) is 2. The lowest BCUT2D eigenvalue weighted by Gasteiger charge is -2.07. The summed E-state index contributed by atoms with van der Waals surface area (Å²) in [5, 5.41) is 0. The van der Waals surface area contributed by atoms with E-state index >= 15 is 0 Å². The van der Waals surface area contributed by atoms with Crippen LogP contribution in [0.15, 0.2) is 52.4 Å². The Morgan fingerprint density at radius 3 is 2.30 bits per heavy atom. The van der Waals surface area contributed by atoms with E-state index in [4.69, 9.17) is 0 Å². The quantitative estimate of drug-likeness (QED) is 0.626. The Labute approximate surface area is 116 Å². The van der Waals surface area contributed by atoms with Crippen molar-refractivity contribution >= 4 is 23.5 Å². The van der Waals surface area contributed by atoms with E-state index in [1.54, 1.807) is 24.3 Å². The maximum Gasteiger partial charge on any atom is 0.240 e. The van der Waals surface area contributed by atoms with E-state index in [2.05, 4.69) is 9.98 Å². The van der Waals surface area contributed by atoms with Crippen molar-refractivity contribution in [3.8, 4) is 0 Å². The maximum atomic E-state index is 10.4. The average molecular weight is 264 g/mol. The molecule has 0 amide bonds. The number of hydrogen-bond donors (Lipinski definition) is 0. The molecule has 0 unspecified atom stereocenters. The Bertz CT molecular complexity index is 708. The minimum absolute atomic E-state index is 0.583. The van der Waals surface area contributed by atoms with E-state index in [0.29, 0.717) is 11.4 Å². The number of rotatable bonds is 4. The fourth-order valence-corrected chi connectivity index (χ4v) is 1.99. The molecule has 4 heteroatoms. The van der Waals surface area contributed by atoms with Gasteiger partial charge in [0.1, 0.15) is 0 Å². The van der Waals surface area contributed by atoms with E-state index in [0.717, 1.165) is 23.1 Å². The molecule has 0 bridgehead atoms. The van der Waals surface area contributed by atoms with Crippen LogP contribution in [0.5, 0.6) is 0 Å². The third-order valence-corrected chi connectivity index (χ3v) is 3.09. The maximum absolute atomic E-state index is 10.4. The lowest BCUT2D eigenvalue weighted by atomic mass is 9.99. The predicted octanol–water partition coefficient (Wildman–Crippen LogP) is 3.52. The highest BCUT2D eigenvalue weighted by atomic mass is 16.1. The second-order valence-electron chi connectivity index (χ2n) is 4.31. The highest BCUT2D eigenvalue weighted by Gasteiger charge is 2.04. The van der Waals surface area contributed by atoms with Crippen molar-refractivity contribution in [3.63, 3.8) is 0 Å². The molecule has 0 aliphatic rings. The molecule has 0 saturated heterocycles. The first-order valence-electron chi connectivity index (χ1n) is 6.08. The van der Waals surface area contributed by atoms with Gasteiger partial charge in [-0.2, -0.15) is 9.98 Å². The van der Waals surface area contributed by atoms with Gasteiger partial charge in [0.15, 0.2) is 0 Å². The second-order valence-corrected chi connectivity index (χ2v) is 4.31. The summed E-state index contributed by atoms with van der Waals surface area (Å²) < 4.78 is 0. The van der Waals surface area contributed by atoms with Gasteiger partial charge in [0.2, 0.25) is 12.2 Å². The molecular formula is C16H12N2O2. The fourth-order valence-electron chi connectivity index (χ4n) is 1.99. The van der Waals surface area contributed by atoms with Gasteiger partial charge in [-0.15, -0.1) is 0 Å². The molecule has 2 rings (SSSR count). The third kappa shape index (κ3) is 3.15. The van der Waals surface area contributed by atoms with Crippen LogP contribution in [0.3, 0.4) is 0 Å². The Morgan fingerprint density at radius 1 is 0.950 bits per heavy atom. The summed E-state index contributed by atoms with van der Waals surface area (Å²) in [5.74, 6) is 0. The van der Waals surface area contributed by atoms with Crippen molar-refractivity contribution in [3.05, 3.63) is 59.2 Å². The first kappa shape index (κ1) is 13.6. The zero-order valence-electron chi connectivity index (χ0n) is 11.0. The molecule has 0 aliphatic heterocycles. The van der Waals surface area contributed by atoms with E-state index in [9.17, 15) is 9.59 Å². The van der Waals surface area contributed by atoms with Crippen LogP contribution in [0.1, 0.15) is 16.7 Å². The zero-order valence-corrected chi connectivity index (χ0v) is 11.0. The van der Waals surface area contributed by atoms with Gasteiger partial charge in [-0.05, 0) is 48.2 Å². The van der Waals surface area contributed by atoms with Crippen molar-refractivity contribution in [1.82, 2.24) is 0 Å². The van der Waals surface area contributed by atoms with Crippen LogP contribution in [0.25, 0.3) is 0 Å². The Kier molecular flexibility index (Phi) is 4.35. The minimum Gasteiger partial charge on any atom is -0.211 e. The van der Waals surface area contributed by atoms with Crippen LogP contribution < -0.4 is 0 Å². The number of hydrogen-bond acceptors (Lipinski definition) is 4. The lowest BCUT2D eigenvalue weighted by molar-refractivity contribution is 0.564. The van der Waals surface area contributed by atoms with Gasteiger partial charge in [-0.25, -0.2) is 9.59 Å². The second kappa shape index (κ2) is 6.39. The van der Waals surface area contributed by atoms with Gasteiger partial charge in [-0.3, -0.25) is 0 Å². The molecule has 2 aromatic rings.